The number of nitrogens with zero attached hydrogens (tertiary/aromatic N) is 6. The SMILES string of the molecule is CCN=C=O.CCNC(=O)N1CCN(Cc2cc3scnc3c(-c3cccc(Cl)c3)c2F)C(=O)C1.O=C1CNCCN1Cc1cc2scnc2c(-c2cccc(Cl)c2)c1F. The molecule has 60 heavy (non-hydrogen) atoms. The molecule has 0 bridgehead atoms. The summed E-state index contributed by atoms with van der Waals surface area (Å²) in [5.74, 6) is -0.971. The quantitative estimate of drug-likeness (QED) is 0.116. The van der Waals surface area contributed by atoms with Gasteiger partial charge in [-0.05, 0) is 61.4 Å². The number of fused-ring (bicyclic) bond motifs is 2. The molecule has 4 heterocycles. The highest BCUT2D eigenvalue weighted by Gasteiger charge is 2.29. The van der Waals surface area contributed by atoms with E-state index in [1.165, 1.54) is 33.7 Å². The molecule has 12 nitrogen and oxygen atoms in total. The number of piperazine rings is 2. The van der Waals surface area contributed by atoms with Gasteiger partial charge in [0.25, 0.3) is 0 Å². The maximum Gasteiger partial charge on any atom is 0.317 e. The first-order chi connectivity index (χ1) is 29.0. The number of hydrogen-bond donors (Lipinski definition) is 2. The van der Waals surface area contributed by atoms with Crippen LogP contribution in [-0.2, 0) is 27.5 Å². The summed E-state index contributed by atoms with van der Waals surface area (Å²) >= 11 is 15.1. The minimum atomic E-state index is -0.408. The highest BCUT2D eigenvalue weighted by molar-refractivity contribution is 7.17. The molecule has 4 amide bonds. The highest BCUT2D eigenvalue weighted by Crippen LogP contribution is 2.37. The van der Waals surface area contributed by atoms with E-state index in [-0.39, 0.29) is 43.3 Å². The molecule has 0 aliphatic carbocycles. The van der Waals surface area contributed by atoms with Crippen LogP contribution in [0.3, 0.4) is 0 Å². The van der Waals surface area contributed by atoms with Gasteiger partial charge >= 0.3 is 6.03 Å². The average Bonchev–Trinajstić information content (AvgIpc) is 3.90. The number of aliphatic imine (C=N–C) groups is 1. The zero-order valence-electron chi connectivity index (χ0n) is 32.6. The van der Waals surface area contributed by atoms with Crippen molar-refractivity contribution in [2.24, 2.45) is 4.99 Å². The van der Waals surface area contributed by atoms with Gasteiger partial charge in [-0.3, -0.25) is 9.59 Å². The fourth-order valence-corrected chi connectivity index (χ4v) is 8.59. The Morgan fingerprint density at radius 2 is 1.38 bits per heavy atom. The molecule has 2 aliphatic rings. The maximum absolute atomic E-state index is 15.6. The van der Waals surface area contributed by atoms with Gasteiger partial charge in [0.2, 0.25) is 17.9 Å². The van der Waals surface area contributed by atoms with Crippen molar-refractivity contribution in [2.45, 2.75) is 26.9 Å². The molecule has 2 N–H and O–H groups in total. The summed E-state index contributed by atoms with van der Waals surface area (Å²) in [6.07, 6.45) is 1.39. The minimum Gasteiger partial charge on any atom is -0.338 e. The Bertz CT molecular complexity index is 2570. The summed E-state index contributed by atoms with van der Waals surface area (Å²) in [4.78, 5) is 62.3. The number of benzene rings is 4. The van der Waals surface area contributed by atoms with E-state index in [1.54, 1.807) is 82.3 Å². The molecule has 4 aromatic carbocycles. The molecule has 312 valence electrons. The first-order valence-electron chi connectivity index (χ1n) is 19.0. The topological polar surface area (TPSA) is 140 Å². The third kappa shape index (κ3) is 10.5. The Labute approximate surface area is 362 Å². The standard InChI is InChI=1S/C21H20ClFN4O2S.C18H15ClFN3OS.C3H5NO/c1-2-24-21(29)27-7-6-26(17(28)11-27)10-14-9-16-20(25-12-30-16)18(19(14)23)13-4-3-5-15(22)8-13;19-13-3-1-2-11(6-13)16-17(20)12(7-14-18(16)22-10-25-14)9-23-5-4-21-8-15(23)24;1-2-4-3-5/h3-5,8-9,12H,2,6-7,10-11H2,1H3,(H,24,29);1-3,6-7,10,21H,4-5,8-9H2;2H2,1H3. The number of aromatic nitrogens is 2. The molecule has 0 spiro atoms. The van der Waals surface area contributed by atoms with Crippen LogP contribution in [0.4, 0.5) is 13.6 Å². The van der Waals surface area contributed by atoms with Gasteiger partial charge < -0.3 is 25.3 Å². The van der Waals surface area contributed by atoms with Crippen LogP contribution in [0.1, 0.15) is 25.0 Å². The van der Waals surface area contributed by atoms with Gasteiger partial charge in [0.15, 0.2) is 0 Å². The number of carbonyl (C=O) groups excluding carboxylic acids is 4. The molecule has 0 unspecified atom stereocenters. The number of thiazole rings is 2. The summed E-state index contributed by atoms with van der Waals surface area (Å²) in [5.41, 5.74) is 7.67. The first kappa shape index (κ1) is 44.2. The zero-order valence-corrected chi connectivity index (χ0v) is 35.8. The second kappa shape index (κ2) is 20.8. The summed E-state index contributed by atoms with van der Waals surface area (Å²) < 4.78 is 32.7. The van der Waals surface area contributed by atoms with E-state index in [1.807, 2.05) is 13.0 Å². The molecule has 0 saturated carbocycles. The maximum atomic E-state index is 15.6. The third-order valence-electron chi connectivity index (χ3n) is 9.57. The molecule has 18 heteroatoms. The van der Waals surface area contributed by atoms with Crippen molar-refractivity contribution in [3.05, 3.63) is 104 Å². The lowest BCUT2D eigenvalue weighted by Crippen LogP contribution is -2.54. The van der Waals surface area contributed by atoms with Crippen LogP contribution in [0, 0.1) is 11.6 Å². The number of nitrogens with one attached hydrogen (secondary N) is 2. The predicted molar refractivity (Wildman–Crippen MR) is 233 cm³/mol. The fourth-order valence-electron chi connectivity index (χ4n) is 6.71. The summed E-state index contributed by atoms with van der Waals surface area (Å²) in [6.45, 7) is 7.38. The Morgan fingerprint density at radius 1 is 0.833 bits per heavy atom. The smallest absolute Gasteiger partial charge is 0.317 e. The Balaban J connectivity index is 0.000000183. The van der Waals surface area contributed by atoms with Crippen LogP contribution < -0.4 is 10.6 Å². The number of amides is 4. The highest BCUT2D eigenvalue weighted by atomic mass is 35.5. The Morgan fingerprint density at radius 3 is 1.83 bits per heavy atom. The molecule has 0 atom stereocenters. The number of halogens is 4. The van der Waals surface area contributed by atoms with Gasteiger partial charge in [0, 0.05) is 84.7 Å². The molecular weight excluding hydrogens is 854 g/mol. The van der Waals surface area contributed by atoms with Crippen LogP contribution in [-0.4, -0.2) is 101 Å². The number of hydrogen-bond acceptors (Lipinski definition) is 10. The van der Waals surface area contributed by atoms with Crippen LogP contribution in [0.25, 0.3) is 42.7 Å². The van der Waals surface area contributed by atoms with Gasteiger partial charge in [-0.2, -0.15) is 0 Å². The van der Waals surface area contributed by atoms with Crippen molar-refractivity contribution < 1.29 is 28.0 Å². The van der Waals surface area contributed by atoms with E-state index < -0.39 is 5.82 Å². The number of rotatable bonds is 8. The van der Waals surface area contributed by atoms with E-state index in [4.69, 9.17) is 28.0 Å². The predicted octanol–water partition coefficient (Wildman–Crippen LogP) is 8.16. The molecule has 8 rings (SSSR count). The van der Waals surface area contributed by atoms with Crippen LogP contribution in [0.2, 0.25) is 10.0 Å². The van der Waals surface area contributed by atoms with Gasteiger partial charge in [-0.15, -0.1) is 22.7 Å². The average molecular weight is 894 g/mol. The summed E-state index contributed by atoms with van der Waals surface area (Å²) in [7, 11) is 0. The van der Waals surface area contributed by atoms with E-state index in [0.717, 1.165) is 15.9 Å². The molecule has 2 saturated heterocycles. The van der Waals surface area contributed by atoms with Crippen LogP contribution in [0.15, 0.2) is 76.7 Å². The first-order valence-corrected chi connectivity index (χ1v) is 21.5. The molecule has 2 aliphatic heterocycles. The third-order valence-corrected chi connectivity index (χ3v) is 11.6. The minimum absolute atomic E-state index is 0.0145. The van der Waals surface area contributed by atoms with Crippen molar-refractivity contribution >= 4 is 90.2 Å². The van der Waals surface area contributed by atoms with Crippen molar-refractivity contribution in [3.63, 3.8) is 0 Å². The monoisotopic (exact) mass is 892 g/mol. The lowest BCUT2D eigenvalue weighted by atomic mass is 10.00. The normalized spacial score (nSPS) is 14.0. The lowest BCUT2D eigenvalue weighted by molar-refractivity contribution is -0.135. The van der Waals surface area contributed by atoms with E-state index >= 15 is 8.78 Å². The number of carbonyl (C=O) groups is 3. The molecule has 6 aromatic rings. The lowest BCUT2D eigenvalue weighted by Gasteiger charge is -2.34. The van der Waals surface area contributed by atoms with E-state index in [0.29, 0.717) is 93.7 Å². The fraction of sp³-hybridized carbons (Fsp3) is 0.286. The summed E-state index contributed by atoms with van der Waals surface area (Å²) in [5, 5.41) is 6.78. The Hall–Kier alpha value is -5.35. The van der Waals surface area contributed by atoms with Crippen molar-refractivity contribution in [2.75, 3.05) is 52.4 Å². The molecular formula is C42H40Cl2F2N8O4S2. The van der Waals surface area contributed by atoms with Gasteiger partial charge in [-0.1, -0.05) is 47.5 Å². The largest absolute Gasteiger partial charge is 0.338 e. The second-order valence-electron chi connectivity index (χ2n) is 13.5. The number of urea groups is 1. The van der Waals surface area contributed by atoms with Gasteiger partial charge in [0.1, 0.15) is 18.2 Å². The van der Waals surface area contributed by atoms with Gasteiger partial charge in [0.05, 0.1) is 38.0 Å². The van der Waals surface area contributed by atoms with Crippen LogP contribution >= 0.6 is 45.9 Å². The second-order valence-corrected chi connectivity index (χ2v) is 16.1. The molecule has 2 aromatic heterocycles. The van der Waals surface area contributed by atoms with Crippen LogP contribution in [0.5, 0.6) is 0 Å². The van der Waals surface area contributed by atoms with Gasteiger partial charge in [-0.25, -0.2) is 33.3 Å². The van der Waals surface area contributed by atoms with E-state index in [2.05, 4.69) is 25.6 Å². The van der Waals surface area contributed by atoms with Crippen molar-refractivity contribution in [1.82, 2.24) is 35.3 Å². The summed E-state index contributed by atoms with van der Waals surface area (Å²) in [6, 6.07) is 17.4. The molecule has 2 fully saturated rings. The van der Waals surface area contributed by atoms with Crippen molar-refractivity contribution in [3.8, 4) is 22.3 Å². The zero-order chi connectivity index (χ0) is 42.8. The van der Waals surface area contributed by atoms with Crippen molar-refractivity contribution in [1.29, 1.82) is 0 Å². The number of isocyanates is 1. The Kier molecular flexibility index (Phi) is 15.3. The van der Waals surface area contributed by atoms with E-state index in [9.17, 15) is 14.4 Å². The molecule has 0 radical (unpaired) electrons.